The molecule has 1 saturated heterocycles. The highest BCUT2D eigenvalue weighted by Gasteiger charge is 2.32. The Kier molecular flexibility index (Phi) is 3.99. The van der Waals surface area contributed by atoms with Crippen molar-refractivity contribution in [1.82, 2.24) is 0 Å². The van der Waals surface area contributed by atoms with Gasteiger partial charge >= 0.3 is 6.09 Å². The molecule has 2 aliphatic rings. The van der Waals surface area contributed by atoms with Crippen LogP contribution in [-0.2, 0) is 9.53 Å². The number of rotatable bonds is 3. The van der Waals surface area contributed by atoms with Gasteiger partial charge in [0.2, 0.25) is 0 Å². The lowest BCUT2D eigenvalue weighted by atomic mass is 10.1. The third-order valence-corrected chi connectivity index (χ3v) is 3.78. The molecule has 1 aromatic carbocycles. The molecule has 1 atom stereocenters. The molecule has 0 radical (unpaired) electrons. The molecule has 2 heterocycles. The molecular formula is C15H15F2N3O3. The summed E-state index contributed by atoms with van der Waals surface area (Å²) in [5.41, 5.74) is 5.26. The van der Waals surface area contributed by atoms with Gasteiger partial charge in [-0.2, -0.15) is 0 Å². The molecule has 3 rings (SSSR count). The van der Waals surface area contributed by atoms with Crippen LogP contribution in [0.2, 0.25) is 0 Å². The second-order valence-corrected chi connectivity index (χ2v) is 5.34. The van der Waals surface area contributed by atoms with E-state index in [0.29, 0.717) is 0 Å². The first-order valence-electron chi connectivity index (χ1n) is 7.14. The quantitative estimate of drug-likeness (QED) is 0.913. The second-order valence-electron chi connectivity index (χ2n) is 5.34. The number of allylic oxidation sites excluding steroid dienone is 1. The minimum absolute atomic E-state index is 0.0711. The van der Waals surface area contributed by atoms with Crippen molar-refractivity contribution in [3.8, 4) is 0 Å². The number of ether oxygens (including phenoxy) is 1. The van der Waals surface area contributed by atoms with Gasteiger partial charge in [0, 0.05) is 37.8 Å². The van der Waals surface area contributed by atoms with Crippen LogP contribution in [0.15, 0.2) is 24.4 Å². The molecule has 8 heteroatoms. The number of anilines is 2. The Morgan fingerprint density at radius 1 is 1.26 bits per heavy atom. The summed E-state index contributed by atoms with van der Waals surface area (Å²) in [5.74, 6) is -1.72. The molecular weight excluding hydrogens is 308 g/mol. The maximum Gasteiger partial charge on any atom is 0.414 e. The summed E-state index contributed by atoms with van der Waals surface area (Å²) in [6, 6.07) is 2.14. The molecule has 6 nitrogen and oxygen atoms in total. The Hall–Kier alpha value is -2.48. The number of hydrogen-bond acceptors (Lipinski definition) is 5. The number of amides is 1. The normalized spacial score (nSPS) is 21.1. The van der Waals surface area contributed by atoms with Gasteiger partial charge < -0.3 is 15.4 Å². The van der Waals surface area contributed by atoms with Crippen molar-refractivity contribution in [2.45, 2.75) is 12.5 Å². The number of ketones is 1. The third kappa shape index (κ3) is 2.89. The molecule has 2 aliphatic heterocycles. The molecule has 0 aromatic heterocycles. The smallest absolute Gasteiger partial charge is 0.414 e. The molecule has 23 heavy (non-hydrogen) atoms. The predicted octanol–water partition coefficient (Wildman–Crippen LogP) is 1.54. The number of benzene rings is 1. The summed E-state index contributed by atoms with van der Waals surface area (Å²) in [5, 5.41) is 0. The lowest BCUT2D eigenvalue weighted by Crippen LogP contribution is -2.28. The van der Waals surface area contributed by atoms with Crippen molar-refractivity contribution in [2.75, 3.05) is 29.4 Å². The largest absolute Gasteiger partial charge is 0.443 e. The molecule has 1 fully saturated rings. The van der Waals surface area contributed by atoms with Crippen molar-refractivity contribution in [3.05, 3.63) is 36.0 Å². The summed E-state index contributed by atoms with van der Waals surface area (Å²) in [6.45, 7) is 0.479. The van der Waals surface area contributed by atoms with E-state index in [4.69, 9.17) is 10.5 Å². The first-order valence-corrected chi connectivity index (χ1v) is 7.14. The monoisotopic (exact) mass is 323 g/mol. The van der Waals surface area contributed by atoms with Crippen LogP contribution in [0, 0.1) is 11.6 Å². The topological polar surface area (TPSA) is 75.9 Å². The average Bonchev–Trinajstić information content (AvgIpc) is 2.89. The minimum atomic E-state index is -0.817. The molecule has 0 saturated carbocycles. The van der Waals surface area contributed by atoms with Gasteiger partial charge in [-0.25, -0.2) is 13.6 Å². The Bertz CT molecular complexity index is 670. The molecule has 2 N–H and O–H groups in total. The fourth-order valence-corrected chi connectivity index (χ4v) is 2.59. The summed E-state index contributed by atoms with van der Waals surface area (Å²) >= 11 is 0. The lowest BCUT2D eigenvalue weighted by molar-refractivity contribution is -0.114. The first kappa shape index (κ1) is 15.4. The van der Waals surface area contributed by atoms with Crippen molar-refractivity contribution in [3.63, 3.8) is 0 Å². The van der Waals surface area contributed by atoms with Crippen LogP contribution < -0.4 is 15.5 Å². The van der Waals surface area contributed by atoms with Crippen LogP contribution in [0.1, 0.15) is 6.42 Å². The Morgan fingerprint density at radius 2 is 1.96 bits per heavy atom. The van der Waals surface area contributed by atoms with Crippen LogP contribution in [0.25, 0.3) is 0 Å². The zero-order chi connectivity index (χ0) is 16.6. The maximum absolute atomic E-state index is 14.3. The first-order chi connectivity index (χ1) is 11.0. The zero-order valence-corrected chi connectivity index (χ0v) is 12.2. The Labute approximate surface area is 131 Å². The van der Waals surface area contributed by atoms with Crippen LogP contribution in [-0.4, -0.2) is 37.6 Å². The van der Waals surface area contributed by atoms with Gasteiger partial charge in [-0.3, -0.25) is 9.69 Å². The minimum Gasteiger partial charge on any atom is -0.443 e. The fraction of sp³-hybridized carbons (Fsp3) is 0.333. The molecule has 1 aromatic rings. The molecule has 0 unspecified atom stereocenters. The van der Waals surface area contributed by atoms with E-state index in [0.717, 1.165) is 17.0 Å². The lowest BCUT2D eigenvalue weighted by Gasteiger charge is -2.25. The van der Waals surface area contributed by atoms with Gasteiger partial charge in [0.15, 0.2) is 17.4 Å². The van der Waals surface area contributed by atoms with Gasteiger partial charge in [0.25, 0.3) is 0 Å². The predicted molar refractivity (Wildman–Crippen MR) is 79.1 cm³/mol. The molecule has 1 amide bonds. The van der Waals surface area contributed by atoms with E-state index < -0.39 is 23.8 Å². The van der Waals surface area contributed by atoms with E-state index in [-0.39, 0.29) is 43.2 Å². The SMILES string of the molecule is NC[C@H]1CN(c2cc(F)c(N3C=CC(=O)CC3)c(F)c2)C(=O)O1. The van der Waals surface area contributed by atoms with Gasteiger partial charge in [-0.05, 0) is 6.08 Å². The van der Waals surface area contributed by atoms with Crippen LogP contribution in [0.4, 0.5) is 25.0 Å². The van der Waals surface area contributed by atoms with Crippen molar-refractivity contribution in [1.29, 1.82) is 0 Å². The number of nitrogens with two attached hydrogens (primary N) is 1. The average molecular weight is 323 g/mol. The van der Waals surface area contributed by atoms with Gasteiger partial charge in [0.05, 0.1) is 12.2 Å². The van der Waals surface area contributed by atoms with E-state index in [2.05, 4.69) is 0 Å². The number of hydrogen-bond donors (Lipinski definition) is 1. The van der Waals surface area contributed by atoms with E-state index in [1.54, 1.807) is 0 Å². The number of nitrogens with zero attached hydrogens (tertiary/aromatic N) is 2. The standard InChI is InChI=1S/C15H15F2N3O3/c16-12-5-9(20-8-11(7-18)23-15(20)22)6-13(17)14(12)19-3-1-10(21)2-4-19/h1,3,5-6,11H,2,4,7-8,18H2/t11-/m0/s1. The van der Waals surface area contributed by atoms with Crippen LogP contribution >= 0.6 is 0 Å². The zero-order valence-electron chi connectivity index (χ0n) is 12.2. The van der Waals surface area contributed by atoms with E-state index in [1.165, 1.54) is 17.2 Å². The highest BCUT2D eigenvalue weighted by Crippen LogP contribution is 2.31. The van der Waals surface area contributed by atoms with Crippen LogP contribution in [0.3, 0.4) is 0 Å². The van der Waals surface area contributed by atoms with E-state index in [1.807, 2.05) is 0 Å². The number of halogens is 2. The summed E-state index contributed by atoms with van der Waals surface area (Å²) < 4.78 is 33.7. The summed E-state index contributed by atoms with van der Waals surface area (Å²) in [6.07, 6.45) is 1.63. The van der Waals surface area contributed by atoms with E-state index in [9.17, 15) is 18.4 Å². The number of carbonyl (C=O) groups is 2. The Morgan fingerprint density at radius 3 is 2.48 bits per heavy atom. The van der Waals surface area contributed by atoms with Crippen molar-refractivity contribution in [2.24, 2.45) is 5.73 Å². The fourth-order valence-electron chi connectivity index (χ4n) is 2.59. The van der Waals surface area contributed by atoms with Crippen molar-refractivity contribution < 1.29 is 23.1 Å². The second kappa shape index (κ2) is 5.96. The van der Waals surface area contributed by atoms with Gasteiger partial charge in [-0.1, -0.05) is 0 Å². The highest BCUT2D eigenvalue weighted by atomic mass is 19.1. The van der Waals surface area contributed by atoms with Crippen molar-refractivity contribution >= 4 is 23.3 Å². The summed E-state index contributed by atoms with van der Waals surface area (Å²) in [4.78, 5) is 25.4. The molecule has 122 valence electrons. The number of carbonyl (C=O) groups excluding carboxylic acids is 2. The third-order valence-electron chi connectivity index (χ3n) is 3.78. The number of cyclic esters (lactones) is 1. The summed E-state index contributed by atoms with van der Waals surface area (Å²) in [7, 11) is 0. The van der Waals surface area contributed by atoms with Crippen LogP contribution in [0.5, 0.6) is 0 Å². The maximum atomic E-state index is 14.3. The molecule has 0 aliphatic carbocycles. The Balaban J connectivity index is 1.90. The molecule has 0 bridgehead atoms. The van der Waals surface area contributed by atoms with Gasteiger partial charge in [0.1, 0.15) is 11.8 Å². The highest BCUT2D eigenvalue weighted by molar-refractivity contribution is 5.92. The van der Waals surface area contributed by atoms with Gasteiger partial charge in [-0.15, -0.1) is 0 Å². The molecule has 0 spiro atoms. The van der Waals surface area contributed by atoms with E-state index >= 15 is 0 Å².